The van der Waals surface area contributed by atoms with Crippen molar-refractivity contribution in [2.75, 3.05) is 0 Å². The molecule has 4 rings (SSSR count). The zero-order valence-corrected chi connectivity index (χ0v) is 22.7. The largest absolute Gasteiger partial charge is 0.463 e. The molecule has 4 aliphatic carbocycles. The lowest BCUT2D eigenvalue weighted by molar-refractivity contribution is -0.160. The summed E-state index contributed by atoms with van der Waals surface area (Å²) in [6.45, 7) is 16.5. The molecular formula is C31H52O2. The van der Waals surface area contributed by atoms with Crippen LogP contribution in [0.15, 0.2) is 12.2 Å². The van der Waals surface area contributed by atoms with Gasteiger partial charge in [-0.3, -0.25) is 4.79 Å². The molecule has 0 N–H and O–H groups in total. The highest BCUT2D eigenvalue weighted by molar-refractivity contribution is 5.66. The van der Waals surface area contributed by atoms with Gasteiger partial charge in [0.15, 0.2) is 0 Å². The summed E-state index contributed by atoms with van der Waals surface area (Å²) >= 11 is 0. The van der Waals surface area contributed by atoms with E-state index >= 15 is 0 Å². The van der Waals surface area contributed by atoms with Gasteiger partial charge in [-0.25, -0.2) is 0 Å². The van der Waals surface area contributed by atoms with Gasteiger partial charge in [0, 0.05) is 6.92 Å². The molecule has 10 atom stereocenters. The van der Waals surface area contributed by atoms with E-state index in [-0.39, 0.29) is 12.1 Å². The van der Waals surface area contributed by atoms with E-state index in [2.05, 4.69) is 53.7 Å². The van der Waals surface area contributed by atoms with Gasteiger partial charge in [0.2, 0.25) is 0 Å². The standard InChI is InChI=1S/C31H52O2/c1-8-23(20(2)3)10-9-21(4)27-13-14-28-26-12-11-24-19-25(33-22(5)32)15-17-30(24,6)29(26)16-18-31(27,28)7/h9-10,20-21,23-29H,8,11-19H2,1-7H3. The Morgan fingerprint density at radius 2 is 1.64 bits per heavy atom. The van der Waals surface area contributed by atoms with Gasteiger partial charge < -0.3 is 4.74 Å². The number of esters is 1. The third kappa shape index (κ3) is 4.58. The molecule has 0 aromatic heterocycles. The van der Waals surface area contributed by atoms with Gasteiger partial charge in [0.05, 0.1) is 0 Å². The summed E-state index contributed by atoms with van der Waals surface area (Å²) in [7, 11) is 0. The fourth-order valence-electron chi connectivity index (χ4n) is 9.75. The summed E-state index contributed by atoms with van der Waals surface area (Å²) < 4.78 is 5.66. The first-order chi connectivity index (χ1) is 15.6. The molecule has 0 radical (unpaired) electrons. The second-order valence-electron chi connectivity index (χ2n) is 13.5. The number of rotatable bonds is 6. The van der Waals surface area contributed by atoms with Gasteiger partial charge >= 0.3 is 5.97 Å². The lowest BCUT2D eigenvalue weighted by Gasteiger charge is -2.61. The second-order valence-corrected chi connectivity index (χ2v) is 13.5. The SMILES string of the molecule is CCC(C=CC(C)C1CCC2C3CCC4CC(OC(C)=O)CCC4(C)C3CCC12C)C(C)C. The molecule has 0 bridgehead atoms. The van der Waals surface area contributed by atoms with Gasteiger partial charge in [0.25, 0.3) is 0 Å². The van der Waals surface area contributed by atoms with Crippen LogP contribution in [0.5, 0.6) is 0 Å². The highest BCUT2D eigenvalue weighted by atomic mass is 16.5. The zero-order chi connectivity index (χ0) is 24.0. The van der Waals surface area contributed by atoms with E-state index < -0.39 is 0 Å². The topological polar surface area (TPSA) is 26.3 Å². The number of carbonyl (C=O) groups excluding carboxylic acids is 1. The predicted octanol–water partition coefficient (Wildman–Crippen LogP) is 8.45. The Hall–Kier alpha value is -0.790. The summed E-state index contributed by atoms with van der Waals surface area (Å²) in [5, 5.41) is 0. The third-order valence-corrected chi connectivity index (χ3v) is 11.6. The molecule has 4 saturated carbocycles. The molecule has 188 valence electrons. The van der Waals surface area contributed by atoms with Crippen molar-refractivity contribution in [3.05, 3.63) is 12.2 Å². The molecule has 2 heteroatoms. The Morgan fingerprint density at radius 3 is 2.30 bits per heavy atom. The van der Waals surface area contributed by atoms with Crippen molar-refractivity contribution in [1.82, 2.24) is 0 Å². The van der Waals surface area contributed by atoms with E-state index in [0.29, 0.717) is 16.7 Å². The molecule has 0 aliphatic heterocycles. The van der Waals surface area contributed by atoms with E-state index in [1.54, 1.807) is 6.92 Å². The van der Waals surface area contributed by atoms with Crippen LogP contribution in [0.3, 0.4) is 0 Å². The molecular weight excluding hydrogens is 404 g/mol. The average molecular weight is 457 g/mol. The van der Waals surface area contributed by atoms with Gasteiger partial charge in [-0.15, -0.1) is 0 Å². The van der Waals surface area contributed by atoms with E-state index in [4.69, 9.17) is 4.74 Å². The smallest absolute Gasteiger partial charge is 0.302 e. The summed E-state index contributed by atoms with van der Waals surface area (Å²) in [5.41, 5.74) is 0.999. The summed E-state index contributed by atoms with van der Waals surface area (Å²) in [6, 6.07) is 0. The number of hydrogen-bond acceptors (Lipinski definition) is 2. The predicted molar refractivity (Wildman–Crippen MR) is 138 cm³/mol. The summed E-state index contributed by atoms with van der Waals surface area (Å²) in [5.74, 6) is 6.43. The van der Waals surface area contributed by atoms with Crippen molar-refractivity contribution in [2.45, 2.75) is 119 Å². The maximum Gasteiger partial charge on any atom is 0.302 e. The minimum absolute atomic E-state index is 0.0930. The maximum atomic E-state index is 11.5. The van der Waals surface area contributed by atoms with E-state index in [1.165, 1.54) is 51.4 Å². The zero-order valence-electron chi connectivity index (χ0n) is 22.7. The van der Waals surface area contributed by atoms with Gasteiger partial charge in [-0.1, -0.05) is 53.7 Å². The van der Waals surface area contributed by atoms with E-state index in [1.807, 2.05) is 0 Å². The molecule has 33 heavy (non-hydrogen) atoms. The van der Waals surface area contributed by atoms with Crippen LogP contribution in [0, 0.1) is 58.2 Å². The first-order valence-corrected chi connectivity index (χ1v) is 14.5. The van der Waals surface area contributed by atoms with Crippen LogP contribution in [0.1, 0.15) is 113 Å². The lowest BCUT2D eigenvalue weighted by atomic mass is 9.44. The molecule has 10 unspecified atom stereocenters. The Balaban J connectivity index is 1.46. The third-order valence-electron chi connectivity index (χ3n) is 11.6. The number of allylic oxidation sites excluding steroid dienone is 2. The fourth-order valence-corrected chi connectivity index (χ4v) is 9.75. The first-order valence-electron chi connectivity index (χ1n) is 14.5. The van der Waals surface area contributed by atoms with Crippen LogP contribution >= 0.6 is 0 Å². The maximum absolute atomic E-state index is 11.5. The van der Waals surface area contributed by atoms with Crippen molar-refractivity contribution in [3.63, 3.8) is 0 Å². The quantitative estimate of drug-likeness (QED) is 0.296. The van der Waals surface area contributed by atoms with Gasteiger partial charge in [0.1, 0.15) is 6.10 Å². The minimum atomic E-state index is -0.0930. The van der Waals surface area contributed by atoms with Crippen LogP contribution in [0.2, 0.25) is 0 Å². The minimum Gasteiger partial charge on any atom is -0.463 e. The van der Waals surface area contributed by atoms with Gasteiger partial charge in [-0.05, 0) is 122 Å². The Morgan fingerprint density at radius 1 is 0.939 bits per heavy atom. The number of ether oxygens (including phenoxy) is 1. The monoisotopic (exact) mass is 456 g/mol. The number of fused-ring (bicyclic) bond motifs is 5. The van der Waals surface area contributed by atoms with Crippen molar-refractivity contribution in [2.24, 2.45) is 58.2 Å². The van der Waals surface area contributed by atoms with Gasteiger partial charge in [-0.2, -0.15) is 0 Å². The van der Waals surface area contributed by atoms with Crippen LogP contribution in [-0.4, -0.2) is 12.1 Å². The van der Waals surface area contributed by atoms with Crippen LogP contribution in [0.25, 0.3) is 0 Å². The highest BCUT2D eigenvalue weighted by Crippen LogP contribution is 2.68. The average Bonchev–Trinajstić information content (AvgIpc) is 3.11. The highest BCUT2D eigenvalue weighted by Gasteiger charge is 2.60. The fraction of sp³-hybridized carbons (Fsp3) is 0.903. The molecule has 0 heterocycles. The summed E-state index contributed by atoms with van der Waals surface area (Å²) in [6.07, 6.45) is 18.6. The van der Waals surface area contributed by atoms with Crippen LogP contribution in [-0.2, 0) is 9.53 Å². The van der Waals surface area contributed by atoms with Crippen molar-refractivity contribution in [3.8, 4) is 0 Å². The molecule has 0 saturated heterocycles. The normalized spacial score (nSPS) is 44.7. The molecule has 0 spiro atoms. The Labute approximate surface area is 204 Å². The number of hydrogen-bond donors (Lipinski definition) is 0. The second kappa shape index (κ2) is 9.69. The van der Waals surface area contributed by atoms with Crippen LogP contribution in [0.4, 0.5) is 0 Å². The summed E-state index contributed by atoms with van der Waals surface area (Å²) in [4.78, 5) is 11.5. The molecule has 4 aliphatic rings. The van der Waals surface area contributed by atoms with Crippen LogP contribution < -0.4 is 0 Å². The van der Waals surface area contributed by atoms with Crippen molar-refractivity contribution < 1.29 is 9.53 Å². The molecule has 0 aromatic rings. The van der Waals surface area contributed by atoms with Crippen molar-refractivity contribution in [1.29, 1.82) is 0 Å². The first kappa shape index (κ1) is 25.3. The molecule has 0 amide bonds. The molecule has 4 fully saturated rings. The Bertz CT molecular complexity index is 724. The van der Waals surface area contributed by atoms with E-state index in [9.17, 15) is 4.79 Å². The molecule has 0 aromatic carbocycles. The van der Waals surface area contributed by atoms with Crippen molar-refractivity contribution >= 4 is 5.97 Å². The molecule has 2 nitrogen and oxygen atoms in total. The Kier molecular flexibility index (Phi) is 7.43. The number of carbonyl (C=O) groups is 1. The lowest BCUT2D eigenvalue weighted by Crippen LogP contribution is -2.54. The van der Waals surface area contributed by atoms with E-state index in [0.717, 1.165) is 54.3 Å².